The molecule has 0 unspecified atom stereocenters. The van der Waals surface area contributed by atoms with Crippen LogP contribution in [-0.4, -0.2) is 17.6 Å². The number of hydroxylamine groups is 2. The summed E-state index contributed by atoms with van der Waals surface area (Å²) in [6, 6.07) is 0. The first kappa shape index (κ1) is 12.6. The van der Waals surface area contributed by atoms with Gasteiger partial charge in [0.1, 0.15) is 5.66 Å². The molecule has 15 heavy (non-hydrogen) atoms. The summed E-state index contributed by atoms with van der Waals surface area (Å²) in [5, 5.41) is 0. The average molecular weight is 395 g/mol. The molecule has 7 heteroatoms. The van der Waals surface area contributed by atoms with Gasteiger partial charge in [0.25, 0.3) is 0 Å². The van der Waals surface area contributed by atoms with Crippen LogP contribution in [0.5, 0.6) is 0 Å². The van der Waals surface area contributed by atoms with Gasteiger partial charge in [-0.3, -0.25) is 0 Å². The predicted molar refractivity (Wildman–Crippen MR) is 44.3 cm³/mol. The summed E-state index contributed by atoms with van der Waals surface area (Å²) in [5.41, 5.74) is 4.56. The van der Waals surface area contributed by atoms with Crippen LogP contribution in [-0.2, 0) is 40.3 Å². The minimum Gasteiger partial charge on any atom is -0.360 e. The summed E-state index contributed by atoms with van der Waals surface area (Å²) in [7, 11) is 0. The molecular formula is C8H12N2O4Pt. The van der Waals surface area contributed by atoms with Crippen molar-refractivity contribution in [2.75, 3.05) is 0 Å². The first-order valence-corrected chi connectivity index (χ1v) is 4.68. The molecule has 2 N–H and O–H groups in total. The summed E-state index contributed by atoms with van der Waals surface area (Å²) in [5.74, 6) is -2.03. The molecular weight excluding hydrogens is 383 g/mol. The fourth-order valence-electron chi connectivity index (χ4n) is 1.75. The van der Waals surface area contributed by atoms with E-state index in [1.165, 1.54) is 0 Å². The van der Waals surface area contributed by atoms with Gasteiger partial charge in [-0.1, -0.05) is 19.3 Å². The van der Waals surface area contributed by atoms with E-state index >= 15 is 0 Å². The Morgan fingerprint density at radius 1 is 0.933 bits per heavy atom. The molecule has 0 bridgehead atoms. The Bertz CT molecular complexity index is 245. The van der Waals surface area contributed by atoms with Gasteiger partial charge in [0.05, 0.1) is 0 Å². The third-order valence-corrected chi connectivity index (χ3v) is 2.55. The maximum absolute atomic E-state index is 10.8. The van der Waals surface area contributed by atoms with Crippen LogP contribution >= 0.6 is 0 Å². The number of carbonyl (C=O) groups is 2. The molecule has 0 aromatic rings. The van der Waals surface area contributed by atoms with Crippen molar-refractivity contribution in [3.8, 4) is 0 Å². The van der Waals surface area contributed by atoms with E-state index in [1.54, 1.807) is 0 Å². The molecule has 1 saturated heterocycles. The smallest absolute Gasteiger partial charge is 0.360 e. The molecule has 2 aliphatic rings. The Balaban J connectivity index is 0.00000112. The van der Waals surface area contributed by atoms with Crippen molar-refractivity contribution in [2.24, 2.45) is 0 Å². The van der Waals surface area contributed by atoms with Gasteiger partial charge in [0.2, 0.25) is 0 Å². The number of rotatable bonds is 0. The number of hydrogen-bond acceptors (Lipinski definition) is 6. The topological polar surface area (TPSA) is 76.7 Å². The normalized spacial score (nSPS) is 24.8. The summed E-state index contributed by atoms with van der Waals surface area (Å²) < 4.78 is 0. The average Bonchev–Trinajstić information content (AvgIpc) is 2.35. The zero-order chi connectivity index (χ0) is 10.0. The second-order valence-electron chi connectivity index (χ2n) is 3.63. The van der Waals surface area contributed by atoms with E-state index in [4.69, 9.17) is 0 Å². The van der Waals surface area contributed by atoms with Gasteiger partial charge in [0.15, 0.2) is 0 Å². The van der Waals surface area contributed by atoms with Crippen molar-refractivity contribution in [2.45, 2.75) is 37.8 Å². The van der Waals surface area contributed by atoms with Crippen LogP contribution in [0.4, 0.5) is 0 Å². The Morgan fingerprint density at radius 3 is 1.87 bits per heavy atom. The monoisotopic (exact) mass is 395 g/mol. The molecule has 2 fully saturated rings. The van der Waals surface area contributed by atoms with Crippen molar-refractivity contribution >= 4 is 11.9 Å². The largest absolute Gasteiger partial charge is 0.437 e. The first-order valence-electron chi connectivity index (χ1n) is 4.68. The van der Waals surface area contributed by atoms with E-state index in [1.807, 2.05) is 0 Å². The summed E-state index contributed by atoms with van der Waals surface area (Å²) in [6.07, 6.45) is 4.71. The van der Waals surface area contributed by atoms with Crippen LogP contribution in [0.2, 0.25) is 0 Å². The van der Waals surface area contributed by atoms with Gasteiger partial charge in [-0.15, -0.1) is 11.0 Å². The zero-order valence-corrected chi connectivity index (χ0v) is 10.3. The third-order valence-electron chi connectivity index (χ3n) is 2.55. The molecule has 0 radical (unpaired) electrons. The molecule has 0 aromatic carbocycles. The Hall–Kier alpha value is -0.452. The zero-order valence-electron chi connectivity index (χ0n) is 7.98. The molecule has 6 nitrogen and oxygen atoms in total. The second-order valence-corrected chi connectivity index (χ2v) is 3.63. The van der Waals surface area contributed by atoms with Crippen LogP contribution in [0.3, 0.4) is 0 Å². The van der Waals surface area contributed by atoms with E-state index in [0.29, 0.717) is 0 Å². The van der Waals surface area contributed by atoms with Crippen molar-refractivity contribution in [3.05, 3.63) is 0 Å². The van der Waals surface area contributed by atoms with Crippen LogP contribution in [0.15, 0.2) is 0 Å². The van der Waals surface area contributed by atoms with Crippen LogP contribution in [0, 0.1) is 0 Å². The van der Waals surface area contributed by atoms with Gasteiger partial charge in [-0.25, -0.2) is 9.59 Å². The molecule has 1 saturated carbocycles. The first-order chi connectivity index (χ1) is 6.72. The van der Waals surface area contributed by atoms with Crippen LogP contribution in [0.1, 0.15) is 32.1 Å². The third kappa shape index (κ3) is 2.77. The molecule has 88 valence electrons. The SMILES string of the molecule is O=C1ONC2(CCCCC2)NOC1=O.[Pt]. The van der Waals surface area contributed by atoms with Gasteiger partial charge in [-0.05, 0) is 12.8 Å². The number of carbonyl (C=O) groups excluding carboxylic acids is 2. The fraction of sp³-hybridized carbons (Fsp3) is 0.750. The summed E-state index contributed by atoms with van der Waals surface area (Å²) in [6.45, 7) is 0. The Kier molecular flexibility index (Phi) is 4.25. The molecule has 0 amide bonds. The molecule has 2 rings (SSSR count). The van der Waals surface area contributed by atoms with Crippen molar-refractivity contribution in [1.29, 1.82) is 0 Å². The minimum absolute atomic E-state index is 0. The predicted octanol–water partition coefficient (Wildman–Crippen LogP) is -0.247. The van der Waals surface area contributed by atoms with Gasteiger partial charge < -0.3 is 9.68 Å². The van der Waals surface area contributed by atoms with Gasteiger partial charge in [-0.2, -0.15) is 0 Å². The van der Waals surface area contributed by atoms with Gasteiger partial charge >= 0.3 is 11.9 Å². The molecule has 1 aliphatic heterocycles. The van der Waals surface area contributed by atoms with E-state index in [0.717, 1.165) is 32.1 Å². The Labute approximate surface area is 101 Å². The minimum atomic E-state index is -1.01. The van der Waals surface area contributed by atoms with E-state index < -0.39 is 17.6 Å². The van der Waals surface area contributed by atoms with Crippen molar-refractivity contribution in [3.63, 3.8) is 0 Å². The maximum atomic E-state index is 10.8. The molecule has 1 aliphatic carbocycles. The van der Waals surface area contributed by atoms with E-state index in [2.05, 4.69) is 20.6 Å². The Morgan fingerprint density at radius 2 is 1.40 bits per heavy atom. The van der Waals surface area contributed by atoms with Crippen LogP contribution in [0.25, 0.3) is 0 Å². The second kappa shape index (κ2) is 5.05. The van der Waals surface area contributed by atoms with E-state index in [-0.39, 0.29) is 21.1 Å². The van der Waals surface area contributed by atoms with Crippen molar-refractivity contribution in [1.82, 2.24) is 11.0 Å². The number of nitrogens with one attached hydrogen (secondary N) is 2. The quantitative estimate of drug-likeness (QED) is 0.552. The molecule has 0 atom stereocenters. The van der Waals surface area contributed by atoms with Crippen molar-refractivity contribution < 1.29 is 40.3 Å². The number of hydrogen-bond donors (Lipinski definition) is 2. The summed E-state index contributed by atoms with van der Waals surface area (Å²) >= 11 is 0. The fourth-order valence-corrected chi connectivity index (χ4v) is 1.75. The van der Waals surface area contributed by atoms with Crippen LogP contribution < -0.4 is 11.0 Å². The molecule has 0 aromatic heterocycles. The molecule has 1 spiro atoms. The van der Waals surface area contributed by atoms with E-state index in [9.17, 15) is 9.59 Å². The molecule has 1 heterocycles. The standard InChI is InChI=1S/C8H12N2O4.Pt/c11-6-7(12)14-10-8(9-13-6)4-2-1-3-5-8;/h9-10H,1-5H2;. The van der Waals surface area contributed by atoms with Gasteiger partial charge in [0, 0.05) is 21.1 Å². The maximum Gasteiger partial charge on any atom is 0.437 e. The summed E-state index contributed by atoms with van der Waals surface area (Å²) in [4.78, 5) is 30.8.